The summed E-state index contributed by atoms with van der Waals surface area (Å²) in [6.45, 7) is 3.56. The zero-order valence-corrected chi connectivity index (χ0v) is 24.7. The minimum atomic E-state index is -1.67. The van der Waals surface area contributed by atoms with Crippen LogP contribution in [0.4, 0.5) is 15.0 Å². The second-order valence-corrected chi connectivity index (χ2v) is 9.99. The number of fused-ring (bicyclic) bond motifs is 1. The Morgan fingerprint density at radius 2 is 1.82 bits per heavy atom. The van der Waals surface area contributed by atoms with Crippen molar-refractivity contribution in [3.63, 3.8) is 0 Å². The number of imidazole rings is 1. The first-order chi connectivity index (χ1) is 21.0. The number of anilines is 1. The topological polar surface area (TPSA) is 190 Å². The van der Waals surface area contributed by atoms with Crippen LogP contribution < -0.4 is 5.32 Å². The number of hydrogen-bond donors (Lipinski definition) is 2. The fraction of sp³-hybridized carbons (Fsp3) is 0.607. The number of terminal acetylenes is 1. The van der Waals surface area contributed by atoms with Gasteiger partial charge in [0.1, 0.15) is 25.5 Å². The van der Waals surface area contributed by atoms with E-state index in [0.717, 1.165) is 12.8 Å². The molecule has 1 aliphatic rings. The molecule has 3 atom stereocenters. The van der Waals surface area contributed by atoms with E-state index in [9.17, 15) is 28.7 Å². The summed E-state index contributed by atoms with van der Waals surface area (Å²) < 4.78 is 42.6. The van der Waals surface area contributed by atoms with Gasteiger partial charge in [0.25, 0.3) is 0 Å². The van der Waals surface area contributed by atoms with Gasteiger partial charge >= 0.3 is 30.1 Å². The Labute approximate surface area is 252 Å². The summed E-state index contributed by atoms with van der Waals surface area (Å²) in [5, 5.41) is 12.2. The molecule has 0 unspecified atom stereocenters. The molecule has 3 rings (SSSR count). The number of esters is 3. The maximum absolute atomic E-state index is 14.6. The molecule has 2 aromatic rings. The SMILES string of the molecule is C#C[C@]1(CO)O[C@@H](n2cnc3c(NC(=O)OC(COC(=O)CCCC)COC(=O)CCCC)nc(F)nc32)C[C@@H]1OC(C)=O. The molecule has 1 aliphatic heterocycles. The first-order valence-electron chi connectivity index (χ1n) is 14.2. The Kier molecular flexibility index (Phi) is 12.4. The van der Waals surface area contributed by atoms with Gasteiger partial charge < -0.3 is 28.8 Å². The number of aliphatic hydroxyl groups excluding tert-OH is 1. The van der Waals surface area contributed by atoms with Crippen molar-refractivity contribution in [2.24, 2.45) is 0 Å². The van der Waals surface area contributed by atoms with Crippen molar-refractivity contribution in [2.45, 2.75) is 89.8 Å². The average molecular weight is 622 g/mol. The van der Waals surface area contributed by atoms with Gasteiger partial charge in [-0.15, -0.1) is 6.42 Å². The zero-order valence-electron chi connectivity index (χ0n) is 24.7. The van der Waals surface area contributed by atoms with Gasteiger partial charge in [0, 0.05) is 26.2 Å². The lowest BCUT2D eigenvalue weighted by atomic mass is 9.98. The summed E-state index contributed by atoms with van der Waals surface area (Å²) in [6.07, 6.45) is 4.33. The highest BCUT2D eigenvalue weighted by Crippen LogP contribution is 2.39. The average Bonchev–Trinajstić information content (AvgIpc) is 3.57. The third kappa shape index (κ3) is 8.83. The Hall–Kier alpha value is -4.36. The van der Waals surface area contributed by atoms with Crippen LogP contribution in [0.3, 0.4) is 0 Å². The lowest BCUT2D eigenvalue weighted by Crippen LogP contribution is -2.43. The largest absolute Gasteiger partial charge is 0.462 e. The second-order valence-electron chi connectivity index (χ2n) is 9.99. The van der Waals surface area contributed by atoms with Gasteiger partial charge in [-0.1, -0.05) is 32.6 Å². The van der Waals surface area contributed by atoms with Crippen LogP contribution in [0.25, 0.3) is 11.2 Å². The van der Waals surface area contributed by atoms with Gasteiger partial charge in [-0.2, -0.15) is 14.4 Å². The number of unbranched alkanes of at least 4 members (excludes halogenated alkanes) is 2. The fourth-order valence-corrected chi connectivity index (χ4v) is 4.31. The van der Waals surface area contributed by atoms with E-state index in [-0.39, 0.29) is 49.5 Å². The molecule has 1 amide bonds. The molecule has 2 aromatic heterocycles. The van der Waals surface area contributed by atoms with E-state index < -0.39 is 60.7 Å². The molecule has 0 aromatic carbocycles. The van der Waals surface area contributed by atoms with Crippen LogP contribution in [0.1, 0.15) is 71.9 Å². The molecule has 16 heteroatoms. The molecular formula is C28H36FN5O10. The van der Waals surface area contributed by atoms with Crippen LogP contribution in [0.15, 0.2) is 6.33 Å². The molecular weight excluding hydrogens is 585 g/mol. The zero-order chi connectivity index (χ0) is 32.3. The molecule has 0 bridgehead atoms. The molecule has 0 radical (unpaired) electrons. The summed E-state index contributed by atoms with van der Waals surface area (Å²) in [5.74, 6) is 0.283. The third-order valence-electron chi connectivity index (χ3n) is 6.60. The molecule has 3 heterocycles. The number of halogens is 1. The monoisotopic (exact) mass is 621 g/mol. The van der Waals surface area contributed by atoms with Gasteiger partial charge in [0.15, 0.2) is 28.7 Å². The van der Waals surface area contributed by atoms with Crippen molar-refractivity contribution >= 4 is 41.0 Å². The van der Waals surface area contributed by atoms with Gasteiger partial charge in [-0.3, -0.25) is 24.3 Å². The van der Waals surface area contributed by atoms with Gasteiger partial charge in [0.2, 0.25) is 0 Å². The second kappa shape index (κ2) is 15.9. The van der Waals surface area contributed by atoms with Crippen LogP contribution in [0, 0.1) is 18.4 Å². The minimum Gasteiger partial charge on any atom is -0.462 e. The van der Waals surface area contributed by atoms with E-state index >= 15 is 0 Å². The standard InChI is InChI=1S/C28H36FN5O10/c1-5-8-10-21(37)40-13-18(14-41-22(38)11-9-6-2)43-27(39)32-24-23-25(33-26(29)31-24)34(16-30-23)20-12-19(42-17(4)36)28(7-3,15-35)44-20/h3,16,18-20,35H,5-6,8-15H2,1-2,4H3,(H,31,32,33,39)/t19-,20+,28+/m0/s1. The smallest absolute Gasteiger partial charge is 0.413 e. The number of rotatable bonds is 15. The number of nitrogens with one attached hydrogen (secondary N) is 1. The lowest BCUT2D eigenvalue weighted by molar-refractivity contribution is -0.156. The minimum absolute atomic E-state index is 0.0259. The van der Waals surface area contributed by atoms with E-state index in [4.69, 9.17) is 30.1 Å². The number of carbonyl (C=O) groups is 4. The van der Waals surface area contributed by atoms with Crippen molar-refractivity contribution in [1.29, 1.82) is 0 Å². The molecule has 0 aliphatic carbocycles. The van der Waals surface area contributed by atoms with E-state index in [0.29, 0.717) is 12.8 Å². The highest BCUT2D eigenvalue weighted by Gasteiger charge is 2.51. The van der Waals surface area contributed by atoms with Crippen molar-refractivity contribution in [1.82, 2.24) is 19.5 Å². The lowest BCUT2D eigenvalue weighted by Gasteiger charge is -2.26. The molecule has 44 heavy (non-hydrogen) atoms. The van der Waals surface area contributed by atoms with Crippen molar-refractivity contribution in [3.05, 3.63) is 12.4 Å². The first kappa shape index (κ1) is 34.1. The molecule has 240 valence electrons. The van der Waals surface area contributed by atoms with Crippen molar-refractivity contribution < 1.29 is 52.4 Å². The first-order valence-corrected chi connectivity index (χ1v) is 14.2. The fourth-order valence-electron chi connectivity index (χ4n) is 4.31. The predicted octanol–water partition coefficient (Wildman–Crippen LogP) is 2.56. The van der Waals surface area contributed by atoms with Gasteiger partial charge in [-0.05, 0) is 12.8 Å². The maximum atomic E-state index is 14.6. The highest BCUT2D eigenvalue weighted by atomic mass is 19.1. The highest BCUT2D eigenvalue weighted by molar-refractivity contribution is 5.93. The van der Waals surface area contributed by atoms with Crippen LogP contribution in [-0.4, -0.2) is 86.3 Å². The van der Waals surface area contributed by atoms with Crippen molar-refractivity contribution in [2.75, 3.05) is 25.1 Å². The molecule has 1 saturated heterocycles. The number of nitrogens with zero attached hydrogens (tertiary/aromatic N) is 4. The van der Waals surface area contributed by atoms with Crippen molar-refractivity contribution in [3.8, 4) is 12.3 Å². The summed E-state index contributed by atoms with van der Waals surface area (Å²) in [6, 6.07) is 0. The molecule has 2 N–H and O–H groups in total. The molecule has 0 saturated carbocycles. The van der Waals surface area contributed by atoms with Gasteiger partial charge in [-0.25, -0.2) is 9.78 Å². The summed E-state index contributed by atoms with van der Waals surface area (Å²) in [4.78, 5) is 59.9. The van der Waals surface area contributed by atoms with E-state index in [1.807, 2.05) is 13.8 Å². The number of hydrogen-bond acceptors (Lipinski definition) is 13. The number of aliphatic hydroxyl groups is 1. The predicted molar refractivity (Wildman–Crippen MR) is 149 cm³/mol. The Balaban J connectivity index is 1.77. The Bertz CT molecular complexity index is 1350. The summed E-state index contributed by atoms with van der Waals surface area (Å²) in [7, 11) is 0. The molecule has 15 nitrogen and oxygen atoms in total. The van der Waals surface area contributed by atoms with Gasteiger partial charge in [0.05, 0.1) is 12.9 Å². The quantitative estimate of drug-likeness (QED) is 0.128. The van der Waals surface area contributed by atoms with Crippen LogP contribution in [0.2, 0.25) is 0 Å². The maximum Gasteiger partial charge on any atom is 0.413 e. The normalized spacial score (nSPS) is 19.4. The molecule has 0 spiro atoms. The number of ether oxygens (including phenoxy) is 5. The van der Waals surface area contributed by atoms with E-state index in [1.54, 1.807) is 0 Å². The van der Waals surface area contributed by atoms with Crippen LogP contribution in [-0.2, 0) is 38.1 Å². The van der Waals surface area contributed by atoms with Crippen LogP contribution >= 0.6 is 0 Å². The molecule has 1 fully saturated rings. The number of amides is 1. The summed E-state index contributed by atoms with van der Waals surface area (Å²) >= 11 is 0. The number of carbonyl (C=O) groups excluding carboxylic acids is 4. The van der Waals surface area contributed by atoms with E-state index in [2.05, 4.69) is 26.2 Å². The number of aromatic nitrogens is 4. The Morgan fingerprint density at radius 1 is 1.18 bits per heavy atom. The van der Waals surface area contributed by atoms with Crippen LogP contribution in [0.5, 0.6) is 0 Å². The third-order valence-corrected chi connectivity index (χ3v) is 6.60. The van der Waals surface area contributed by atoms with E-state index in [1.165, 1.54) is 17.8 Å². The summed E-state index contributed by atoms with van der Waals surface area (Å²) in [5.41, 5.74) is -1.85. The Morgan fingerprint density at radius 3 is 2.36 bits per heavy atom.